The highest BCUT2D eigenvalue weighted by Gasteiger charge is 2.34. The van der Waals surface area contributed by atoms with E-state index in [0.29, 0.717) is 12.0 Å². The number of hydrogen-bond donors (Lipinski definition) is 4. The van der Waals surface area contributed by atoms with Crippen LogP contribution in [0.4, 0.5) is 0 Å². The maximum Gasteiger partial charge on any atom is 0.241 e. The van der Waals surface area contributed by atoms with E-state index in [1.54, 1.807) is 6.07 Å². The Bertz CT molecular complexity index is 1050. The van der Waals surface area contributed by atoms with E-state index in [1.165, 1.54) is 6.07 Å². The number of rotatable bonds is 7. The molecule has 29 heavy (non-hydrogen) atoms. The predicted octanol–water partition coefficient (Wildman–Crippen LogP) is -0.274. The second-order valence-electron chi connectivity index (χ2n) is 7.08. The molecule has 1 saturated carbocycles. The molecule has 11 nitrogen and oxygen atoms in total. The largest absolute Gasteiger partial charge is 0.329 e. The van der Waals surface area contributed by atoms with E-state index in [4.69, 9.17) is 16.6 Å². The molecule has 0 amide bonds. The van der Waals surface area contributed by atoms with Crippen LogP contribution in [0.15, 0.2) is 37.1 Å². The molecular weight excluding hydrogens is 418 g/mol. The number of nitrogens with one attached hydrogen (secondary N) is 1. The van der Waals surface area contributed by atoms with E-state index < -0.39 is 29.8 Å². The van der Waals surface area contributed by atoms with E-state index in [0.717, 1.165) is 19.3 Å². The number of benzene rings is 1. The van der Waals surface area contributed by atoms with Crippen LogP contribution < -0.4 is 21.3 Å². The van der Waals surface area contributed by atoms with Gasteiger partial charge in [0.1, 0.15) is 9.79 Å². The van der Waals surface area contributed by atoms with Gasteiger partial charge in [-0.15, -0.1) is 5.11 Å². The smallest absolute Gasteiger partial charge is 0.241 e. The van der Waals surface area contributed by atoms with Gasteiger partial charge >= 0.3 is 0 Å². The van der Waals surface area contributed by atoms with Crippen LogP contribution in [0, 0.1) is 0 Å². The van der Waals surface area contributed by atoms with Gasteiger partial charge in [-0.2, -0.15) is 5.11 Å². The molecule has 1 fully saturated rings. The predicted molar refractivity (Wildman–Crippen MR) is 108 cm³/mol. The molecule has 0 bridgehead atoms. The molecule has 1 aliphatic carbocycles. The van der Waals surface area contributed by atoms with Crippen molar-refractivity contribution >= 4 is 25.9 Å². The second-order valence-corrected chi connectivity index (χ2v) is 10.3. The number of amidine groups is 1. The van der Waals surface area contributed by atoms with Crippen LogP contribution in [0.25, 0.3) is 0 Å². The maximum absolute atomic E-state index is 12.8. The summed E-state index contributed by atoms with van der Waals surface area (Å²) in [5, 5.41) is 13.2. The molecule has 1 aromatic carbocycles. The highest BCUT2D eigenvalue weighted by molar-refractivity contribution is 7.92. The Labute approximate surface area is 170 Å². The minimum absolute atomic E-state index is 0.0266. The van der Waals surface area contributed by atoms with Gasteiger partial charge in [-0.05, 0) is 36.8 Å². The van der Waals surface area contributed by atoms with E-state index in [2.05, 4.69) is 19.9 Å². The van der Waals surface area contributed by atoms with Crippen LogP contribution in [0.2, 0.25) is 0 Å². The SMILES string of the molecule is NCCNS(=O)(=O)c1ccc(C2CCC[C@H](N)C2)c(C2=NCN=N2)c1S(N)(=O)=O. The third-order valence-corrected chi connectivity index (χ3v) is 7.62. The normalized spacial score (nSPS) is 22.7. The summed E-state index contributed by atoms with van der Waals surface area (Å²) in [6, 6.07) is 2.82. The first kappa shape index (κ1) is 21.9. The monoisotopic (exact) mass is 443 g/mol. The summed E-state index contributed by atoms with van der Waals surface area (Å²) in [6.07, 6.45) is 3.18. The molecule has 2 aliphatic rings. The lowest BCUT2D eigenvalue weighted by Gasteiger charge is -2.29. The maximum atomic E-state index is 12.8. The van der Waals surface area contributed by atoms with Crippen molar-refractivity contribution in [3.8, 4) is 0 Å². The lowest BCUT2D eigenvalue weighted by Crippen LogP contribution is -2.32. The summed E-state index contributed by atoms with van der Waals surface area (Å²) in [7, 11) is -8.64. The topological polar surface area (TPSA) is 195 Å². The van der Waals surface area contributed by atoms with E-state index in [9.17, 15) is 16.8 Å². The first-order chi connectivity index (χ1) is 13.6. The Morgan fingerprint density at radius 2 is 1.93 bits per heavy atom. The quantitative estimate of drug-likeness (QED) is 0.447. The summed E-state index contributed by atoms with van der Waals surface area (Å²) in [5.41, 5.74) is 12.2. The van der Waals surface area contributed by atoms with Crippen LogP contribution in [0.1, 0.15) is 42.7 Å². The molecule has 1 aromatic rings. The summed E-state index contributed by atoms with van der Waals surface area (Å²) in [4.78, 5) is 3.15. The molecule has 1 unspecified atom stereocenters. The third-order valence-electron chi connectivity index (χ3n) is 4.99. The fraction of sp³-hybridized carbons (Fsp3) is 0.562. The molecule has 0 saturated heterocycles. The number of aliphatic imine (C=N–C) groups is 1. The molecule has 13 heteroatoms. The molecule has 0 spiro atoms. The standard InChI is InChI=1S/C16H25N7O4S2/c17-6-7-22-29(26,27)13-5-4-12(10-2-1-3-11(18)8-10)14(15(13)28(19,24)25)16-20-9-21-23-16/h4-5,10-11,22H,1-3,6-9,17-18H2,(H2,19,24,25)/t10?,11-/m0/s1. The van der Waals surface area contributed by atoms with Crippen molar-refractivity contribution in [1.29, 1.82) is 0 Å². The minimum atomic E-state index is -4.45. The summed E-state index contributed by atoms with van der Waals surface area (Å²) >= 11 is 0. The summed E-state index contributed by atoms with van der Waals surface area (Å²) in [6.45, 7) is 0.0305. The molecule has 0 aromatic heterocycles. The first-order valence-corrected chi connectivity index (χ1v) is 12.3. The first-order valence-electron chi connectivity index (χ1n) is 9.22. The van der Waals surface area contributed by atoms with Gasteiger partial charge in [0, 0.05) is 24.7 Å². The minimum Gasteiger partial charge on any atom is -0.329 e. The van der Waals surface area contributed by atoms with Crippen molar-refractivity contribution in [1.82, 2.24) is 4.72 Å². The Hall–Kier alpha value is -1.77. The Morgan fingerprint density at radius 1 is 1.17 bits per heavy atom. The Balaban J connectivity index is 2.29. The van der Waals surface area contributed by atoms with Crippen molar-refractivity contribution in [2.75, 3.05) is 19.8 Å². The van der Waals surface area contributed by atoms with Gasteiger partial charge in [0.25, 0.3) is 0 Å². The number of nitrogens with two attached hydrogens (primary N) is 3. The van der Waals surface area contributed by atoms with Gasteiger partial charge < -0.3 is 11.5 Å². The highest BCUT2D eigenvalue weighted by atomic mass is 32.2. The van der Waals surface area contributed by atoms with Gasteiger partial charge in [-0.25, -0.2) is 31.7 Å². The number of azo groups is 1. The Morgan fingerprint density at radius 3 is 2.52 bits per heavy atom. The van der Waals surface area contributed by atoms with Crippen LogP contribution in [-0.4, -0.2) is 48.5 Å². The number of nitrogens with zero attached hydrogens (tertiary/aromatic N) is 3. The van der Waals surface area contributed by atoms with Gasteiger partial charge in [-0.3, -0.25) is 0 Å². The molecule has 160 valence electrons. The molecule has 1 aliphatic heterocycles. The Kier molecular flexibility index (Phi) is 6.45. The lowest BCUT2D eigenvalue weighted by atomic mass is 9.80. The van der Waals surface area contributed by atoms with Gasteiger partial charge in [0.05, 0.1) is 0 Å². The van der Waals surface area contributed by atoms with Gasteiger partial charge in [-0.1, -0.05) is 12.5 Å². The van der Waals surface area contributed by atoms with Gasteiger partial charge in [0.15, 0.2) is 12.5 Å². The molecule has 7 N–H and O–H groups in total. The van der Waals surface area contributed by atoms with Crippen molar-refractivity contribution in [2.45, 2.75) is 47.4 Å². The number of sulfonamides is 2. The lowest BCUT2D eigenvalue weighted by molar-refractivity contribution is 0.392. The molecule has 1 heterocycles. The molecule has 3 rings (SSSR count). The highest BCUT2D eigenvalue weighted by Crippen LogP contribution is 2.38. The zero-order valence-electron chi connectivity index (χ0n) is 15.8. The van der Waals surface area contributed by atoms with Crippen LogP contribution >= 0.6 is 0 Å². The molecule has 0 radical (unpaired) electrons. The third kappa shape index (κ3) is 4.70. The van der Waals surface area contributed by atoms with Crippen LogP contribution in [0.3, 0.4) is 0 Å². The number of hydrogen-bond acceptors (Lipinski definition) is 9. The average molecular weight is 444 g/mol. The van der Waals surface area contributed by atoms with E-state index in [-0.39, 0.29) is 43.1 Å². The molecular formula is C16H25N7O4S2. The molecule has 2 atom stereocenters. The van der Waals surface area contributed by atoms with Crippen LogP contribution in [-0.2, 0) is 20.0 Å². The van der Waals surface area contributed by atoms with Crippen molar-refractivity contribution in [2.24, 2.45) is 31.8 Å². The zero-order valence-corrected chi connectivity index (χ0v) is 17.4. The van der Waals surface area contributed by atoms with E-state index in [1.807, 2.05) is 0 Å². The van der Waals surface area contributed by atoms with Gasteiger partial charge in [0.2, 0.25) is 20.0 Å². The van der Waals surface area contributed by atoms with Crippen molar-refractivity contribution in [3.05, 3.63) is 23.3 Å². The van der Waals surface area contributed by atoms with Crippen LogP contribution in [0.5, 0.6) is 0 Å². The average Bonchev–Trinajstić information content (AvgIpc) is 3.19. The van der Waals surface area contributed by atoms with Crippen molar-refractivity contribution in [3.63, 3.8) is 0 Å². The zero-order chi connectivity index (χ0) is 21.2. The fourth-order valence-corrected chi connectivity index (χ4v) is 6.44. The van der Waals surface area contributed by atoms with E-state index >= 15 is 0 Å². The second kappa shape index (κ2) is 8.53. The number of primary sulfonamides is 1. The summed E-state index contributed by atoms with van der Waals surface area (Å²) in [5.74, 6) is -0.0134. The van der Waals surface area contributed by atoms with Crippen molar-refractivity contribution < 1.29 is 16.8 Å². The summed E-state index contributed by atoms with van der Waals surface area (Å²) < 4.78 is 52.9. The fourth-order valence-electron chi connectivity index (χ4n) is 3.78.